The lowest BCUT2D eigenvalue weighted by Gasteiger charge is -2.12. The van der Waals surface area contributed by atoms with E-state index in [4.69, 9.17) is 25.8 Å². The fourth-order valence-electron chi connectivity index (χ4n) is 1.77. The summed E-state index contributed by atoms with van der Waals surface area (Å²) in [5.74, 6) is 1.29. The SMILES string of the molecule is CCOc1ccc(NCCOCCCOC)cc1CCl. The number of halogens is 1. The maximum atomic E-state index is 5.93. The highest BCUT2D eigenvalue weighted by atomic mass is 35.5. The Bertz CT molecular complexity index is 374. The number of hydrogen-bond acceptors (Lipinski definition) is 4. The predicted molar refractivity (Wildman–Crippen MR) is 83.0 cm³/mol. The van der Waals surface area contributed by atoms with Crippen LogP contribution in [0.2, 0.25) is 0 Å². The number of alkyl halides is 1. The van der Waals surface area contributed by atoms with E-state index in [1.165, 1.54) is 0 Å². The lowest BCUT2D eigenvalue weighted by molar-refractivity contribution is 0.109. The van der Waals surface area contributed by atoms with Gasteiger partial charge in [-0.15, -0.1) is 11.6 Å². The molecule has 1 aromatic rings. The standard InChI is InChI=1S/C15H24ClNO3/c1-3-20-15-6-5-14(11-13(15)12-16)17-7-10-19-9-4-8-18-2/h5-6,11,17H,3-4,7-10,12H2,1-2H3. The Hall–Kier alpha value is -0.970. The zero-order valence-corrected chi connectivity index (χ0v) is 13.0. The van der Waals surface area contributed by atoms with Gasteiger partial charge in [0.2, 0.25) is 0 Å². The van der Waals surface area contributed by atoms with Crippen LogP contribution >= 0.6 is 11.6 Å². The van der Waals surface area contributed by atoms with Crippen LogP contribution in [0, 0.1) is 0 Å². The van der Waals surface area contributed by atoms with Crippen LogP contribution in [-0.4, -0.2) is 40.1 Å². The van der Waals surface area contributed by atoms with Crippen LogP contribution < -0.4 is 10.1 Å². The second-order valence-electron chi connectivity index (χ2n) is 4.27. The van der Waals surface area contributed by atoms with Crippen molar-refractivity contribution in [3.63, 3.8) is 0 Å². The van der Waals surface area contributed by atoms with Crippen LogP contribution in [0.5, 0.6) is 5.75 Å². The summed E-state index contributed by atoms with van der Waals surface area (Å²) < 4.78 is 16.0. The summed E-state index contributed by atoms with van der Waals surface area (Å²) in [5, 5.41) is 3.31. The van der Waals surface area contributed by atoms with Gasteiger partial charge in [0.05, 0.1) is 19.1 Å². The van der Waals surface area contributed by atoms with Crippen molar-refractivity contribution in [3.8, 4) is 5.75 Å². The van der Waals surface area contributed by atoms with E-state index in [2.05, 4.69) is 5.32 Å². The summed E-state index contributed by atoms with van der Waals surface area (Å²) >= 11 is 5.93. The topological polar surface area (TPSA) is 39.7 Å². The summed E-state index contributed by atoms with van der Waals surface area (Å²) in [5.41, 5.74) is 2.03. The first-order valence-corrected chi connectivity index (χ1v) is 7.47. The number of benzene rings is 1. The van der Waals surface area contributed by atoms with Crippen LogP contribution in [0.3, 0.4) is 0 Å². The lowest BCUT2D eigenvalue weighted by Crippen LogP contribution is -2.11. The molecule has 1 N–H and O–H groups in total. The van der Waals surface area contributed by atoms with Crippen molar-refractivity contribution in [1.29, 1.82) is 0 Å². The Kier molecular flexibility index (Phi) is 9.20. The predicted octanol–water partition coefficient (Wildman–Crippen LogP) is 3.29. The largest absolute Gasteiger partial charge is 0.494 e. The Morgan fingerprint density at radius 3 is 2.75 bits per heavy atom. The molecule has 0 aliphatic heterocycles. The Morgan fingerprint density at radius 2 is 2.05 bits per heavy atom. The molecule has 0 saturated heterocycles. The van der Waals surface area contributed by atoms with Crippen molar-refractivity contribution in [3.05, 3.63) is 23.8 Å². The molecule has 0 aliphatic rings. The monoisotopic (exact) mass is 301 g/mol. The second-order valence-corrected chi connectivity index (χ2v) is 4.54. The van der Waals surface area contributed by atoms with Crippen LogP contribution in [0.1, 0.15) is 18.9 Å². The van der Waals surface area contributed by atoms with Gasteiger partial charge in [-0.2, -0.15) is 0 Å². The molecule has 0 amide bonds. The first kappa shape index (κ1) is 17.1. The van der Waals surface area contributed by atoms with Gasteiger partial charge >= 0.3 is 0 Å². The molecule has 1 rings (SSSR count). The summed E-state index contributed by atoms with van der Waals surface area (Å²) in [7, 11) is 1.70. The molecule has 0 bridgehead atoms. The molecule has 0 saturated carbocycles. The number of hydrogen-bond donors (Lipinski definition) is 1. The van der Waals surface area contributed by atoms with Crippen molar-refractivity contribution >= 4 is 17.3 Å². The normalized spacial score (nSPS) is 10.6. The van der Waals surface area contributed by atoms with Crippen LogP contribution in [0.4, 0.5) is 5.69 Å². The van der Waals surface area contributed by atoms with E-state index in [0.717, 1.165) is 43.2 Å². The third kappa shape index (κ3) is 6.46. The summed E-state index contributed by atoms with van der Waals surface area (Å²) in [4.78, 5) is 0. The number of anilines is 1. The molecule has 0 atom stereocenters. The van der Waals surface area contributed by atoms with Gasteiger partial charge in [-0.1, -0.05) is 0 Å². The number of ether oxygens (including phenoxy) is 3. The molecule has 0 spiro atoms. The van der Waals surface area contributed by atoms with Gasteiger partial charge in [-0.25, -0.2) is 0 Å². The van der Waals surface area contributed by atoms with Crippen LogP contribution in [0.15, 0.2) is 18.2 Å². The van der Waals surface area contributed by atoms with E-state index in [9.17, 15) is 0 Å². The number of rotatable bonds is 11. The fourth-order valence-corrected chi connectivity index (χ4v) is 1.97. The molecule has 20 heavy (non-hydrogen) atoms. The van der Waals surface area contributed by atoms with Gasteiger partial charge in [-0.05, 0) is 31.5 Å². The second kappa shape index (κ2) is 10.8. The van der Waals surface area contributed by atoms with Crippen molar-refractivity contribution in [2.75, 3.05) is 45.4 Å². The van der Waals surface area contributed by atoms with Gasteiger partial charge in [0.1, 0.15) is 5.75 Å². The van der Waals surface area contributed by atoms with E-state index >= 15 is 0 Å². The van der Waals surface area contributed by atoms with Crippen molar-refractivity contribution in [2.45, 2.75) is 19.2 Å². The Morgan fingerprint density at radius 1 is 1.20 bits per heavy atom. The minimum absolute atomic E-state index is 0.443. The van der Waals surface area contributed by atoms with E-state index in [1.54, 1.807) is 7.11 Å². The fraction of sp³-hybridized carbons (Fsp3) is 0.600. The number of nitrogens with one attached hydrogen (secondary N) is 1. The summed E-state index contributed by atoms with van der Waals surface area (Å²) in [6.07, 6.45) is 0.927. The molecule has 0 aromatic heterocycles. The molecule has 1 aromatic carbocycles. The molecule has 114 valence electrons. The minimum atomic E-state index is 0.443. The molecule has 4 nitrogen and oxygen atoms in total. The van der Waals surface area contributed by atoms with E-state index in [1.807, 2.05) is 25.1 Å². The average Bonchev–Trinajstić information content (AvgIpc) is 2.48. The first-order chi connectivity index (χ1) is 9.81. The lowest BCUT2D eigenvalue weighted by atomic mass is 10.2. The molecule has 0 radical (unpaired) electrons. The molecule has 0 heterocycles. The quantitative estimate of drug-likeness (QED) is 0.503. The van der Waals surface area contributed by atoms with Gasteiger partial charge in [-0.3, -0.25) is 0 Å². The van der Waals surface area contributed by atoms with Gasteiger partial charge in [0.25, 0.3) is 0 Å². The van der Waals surface area contributed by atoms with E-state index < -0.39 is 0 Å². The smallest absolute Gasteiger partial charge is 0.123 e. The molecular weight excluding hydrogens is 278 g/mol. The van der Waals surface area contributed by atoms with E-state index in [-0.39, 0.29) is 0 Å². The highest BCUT2D eigenvalue weighted by Gasteiger charge is 2.03. The van der Waals surface area contributed by atoms with Crippen LogP contribution in [-0.2, 0) is 15.4 Å². The van der Waals surface area contributed by atoms with E-state index in [0.29, 0.717) is 19.1 Å². The molecule has 0 fully saturated rings. The Labute approximate surface area is 126 Å². The van der Waals surface area contributed by atoms with Gasteiger partial charge in [0, 0.05) is 38.1 Å². The third-order valence-corrected chi connectivity index (χ3v) is 3.00. The van der Waals surface area contributed by atoms with Crippen molar-refractivity contribution in [2.24, 2.45) is 0 Å². The average molecular weight is 302 g/mol. The summed E-state index contributed by atoms with van der Waals surface area (Å²) in [6.45, 7) is 5.52. The zero-order chi connectivity index (χ0) is 14.6. The van der Waals surface area contributed by atoms with Crippen LogP contribution in [0.25, 0.3) is 0 Å². The maximum absolute atomic E-state index is 5.93. The molecule has 0 aliphatic carbocycles. The first-order valence-electron chi connectivity index (χ1n) is 6.94. The summed E-state index contributed by atoms with van der Waals surface area (Å²) in [6, 6.07) is 5.96. The molecular formula is C15H24ClNO3. The number of methoxy groups -OCH3 is 1. The minimum Gasteiger partial charge on any atom is -0.494 e. The Balaban J connectivity index is 2.29. The maximum Gasteiger partial charge on any atom is 0.123 e. The zero-order valence-electron chi connectivity index (χ0n) is 12.3. The molecule has 5 heteroatoms. The third-order valence-electron chi connectivity index (χ3n) is 2.72. The van der Waals surface area contributed by atoms with Crippen molar-refractivity contribution < 1.29 is 14.2 Å². The van der Waals surface area contributed by atoms with Gasteiger partial charge in [0.15, 0.2) is 0 Å². The highest BCUT2D eigenvalue weighted by molar-refractivity contribution is 6.17. The van der Waals surface area contributed by atoms with Crippen molar-refractivity contribution in [1.82, 2.24) is 0 Å². The van der Waals surface area contributed by atoms with Gasteiger partial charge < -0.3 is 19.5 Å². The molecule has 0 unspecified atom stereocenters. The highest BCUT2D eigenvalue weighted by Crippen LogP contribution is 2.24.